The summed E-state index contributed by atoms with van der Waals surface area (Å²) in [7, 11) is 0. The summed E-state index contributed by atoms with van der Waals surface area (Å²) in [6.07, 6.45) is 3.93. The van der Waals surface area contributed by atoms with Crippen molar-refractivity contribution in [1.29, 1.82) is 0 Å². The van der Waals surface area contributed by atoms with Crippen LogP contribution in [-0.4, -0.2) is 30.6 Å². The molecule has 2 heteroatoms. The van der Waals surface area contributed by atoms with Gasteiger partial charge in [0.05, 0.1) is 0 Å². The van der Waals surface area contributed by atoms with E-state index in [2.05, 4.69) is 32.6 Å². The summed E-state index contributed by atoms with van der Waals surface area (Å²) < 4.78 is 0. The van der Waals surface area contributed by atoms with Crippen LogP contribution in [-0.2, 0) is 0 Å². The van der Waals surface area contributed by atoms with Gasteiger partial charge in [-0.1, -0.05) is 27.7 Å². The molecule has 0 aromatic carbocycles. The van der Waals surface area contributed by atoms with E-state index in [0.717, 1.165) is 18.5 Å². The Hall–Kier alpha value is -0.0800. The summed E-state index contributed by atoms with van der Waals surface area (Å²) in [5.74, 6) is 0.784. The van der Waals surface area contributed by atoms with Gasteiger partial charge < -0.3 is 5.73 Å². The molecule has 2 atom stereocenters. The average Bonchev–Trinajstić information content (AvgIpc) is 2.65. The lowest BCUT2D eigenvalue weighted by molar-refractivity contribution is 0.129. The zero-order valence-electron chi connectivity index (χ0n) is 10.9. The Kier molecular flexibility index (Phi) is 4.60. The molecular formula is C13H28N2. The number of hydrogen-bond donors (Lipinski definition) is 1. The van der Waals surface area contributed by atoms with Crippen molar-refractivity contribution in [2.75, 3.05) is 19.6 Å². The van der Waals surface area contributed by atoms with E-state index in [1.807, 2.05) is 0 Å². The fourth-order valence-corrected chi connectivity index (χ4v) is 2.61. The highest BCUT2D eigenvalue weighted by Crippen LogP contribution is 2.29. The van der Waals surface area contributed by atoms with Crippen molar-refractivity contribution in [2.45, 2.75) is 53.0 Å². The van der Waals surface area contributed by atoms with Crippen LogP contribution in [0.3, 0.4) is 0 Å². The van der Waals surface area contributed by atoms with E-state index in [-0.39, 0.29) is 0 Å². The zero-order chi connectivity index (χ0) is 11.5. The van der Waals surface area contributed by atoms with Crippen molar-refractivity contribution in [2.24, 2.45) is 17.1 Å². The predicted octanol–water partition coefficient (Wildman–Crippen LogP) is 2.48. The van der Waals surface area contributed by atoms with Crippen LogP contribution in [0.4, 0.5) is 0 Å². The van der Waals surface area contributed by atoms with Gasteiger partial charge in [0.15, 0.2) is 0 Å². The predicted molar refractivity (Wildman–Crippen MR) is 66.9 cm³/mol. The van der Waals surface area contributed by atoms with Gasteiger partial charge in [0.2, 0.25) is 0 Å². The molecule has 1 rings (SSSR count). The Morgan fingerprint density at radius 3 is 2.60 bits per heavy atom. The fraction of sp³-hybridized carbons (Fsp3) is 1.00. The maximum atomic E-state index is 5.89. The Morgan fingerprint density at radius 1 is 1.47 bits per heavy atom. The molecule has 0 aromatic rings. The molecule has 2 nitrogen and oxygen atoms in total. The van der Waals surface area contributed by atoms with Gasteiger partial charge in [0, 0.05) is 12.6 Å². The highest BCUT2D eigenvalue weighted by Gasteiger charge is 2.32. The molecule has 0 saturated carbocycles. The first-order valence-electron chi connectivity index (χ1n) is 6.46. The lowest BCUT2D eigenvalue weighted by Crippen LogP contribution is -2.44. The van der Waals surface area contributed by atoms with Crippen molar-refractivity contribution < 1.29 is 0 Å². The normalized spacial score (nSPS) is 27.2. The van der Waals surface area contributed by atoms with Crippen LogP contribution in [0.1, 0.15) is 47.0 Å². The molecule has 1 heterocycles. The van der Waals surface area contributed by atoms with Gasteiger partial charge in [-0.2, -0.15) is 0 Å². The van der Waals surface area contributed by atoms with E-state index in [1.165, 1.54) is 32.4 Å². The Balaban J connectivity index is 2.56. The molecule has 0 aromatic heterocycles. The molecule has 0 bridgehead atoms. The topological polar surface area (TPSA) is 29.3 Å². The summed E-state index contributed by atoms with van der Waals surface area (Å²) >= 11 is 0. The molecule has 90 valence electrons. The van der Waals surface area contributed by atoms with Crippen LogP contribution in [0.25, 0.3) is 0 Å². The number of rotatable bonds is 5. The molecule has 1 saturated heterocycles. The van der Waals surface area contributed by atoms with Gasteiger partial charge in [-0.25, -0.2) is 0 Å². The van der Waals surface area contributed by atoms with E-state index >= 15 is 0 Å². The number of nitrogens with two attached hydrogens (primary N) is 1. The highest BCUT2D eigenvalue weighted by atomic mass is 15.2. The fourth-order valence-electron chi connectivity index (χ4n) is 2.61. The molecular weight excluding hydrogens is 184 g/mol. The van der Waals surface area contributed by atoms with Gasteiger partial charge in [-0.15, -0.1) is 0 Å². The van der Waals surface area contributed by atoms with Crippen molar-refractivity contribution >= 4 is 0 Å². The molecule has 1 aliphatic heterocycles. The van der Waals surface area contributed by atoms with Crippen molar-refractivity contribution in [3.8, 4) is 0 Å². The van der Waals surface area contributed by atoms with Crippen molar-refractivity contribution in [1.82, 2.24) is 4.90 Å². The number of hydrogen-bond acceptors (Lipinski definition) is 2. The second-order valence-electron chi connectivity index (χ2n) is 5.79. The molecule has 0 spiro atoms. The van der Waals surface area contributed by atoms with Gasteiger partial charge in [0.1, 0.15) is 0 Å². The minimum atomic E-state index is 0.317. The lowest BCUT2D eigenvalue weighted by atomic mass is 9.86. The van der Waals surface area contributed by atoms with E-state index in [9.17, 15) is 0 Å². The molecule has 2 unspecified atom stereocenters. The van der Waals surface area contributed by atoms with Gasteiger partial charge in [-0.05, 0) is 43.7 Å². The van der Waals surface area contributed by atoms with Crippen LogP contribution in [0.5, 0.6) is 0 Å². The Labute approximate surface area is 95.2 Å². The Morgan fingerprint density at radius 2 is 2.13 bits per heavy atom. The second kappa shape index (κ2) is 5.31. The van der Waals surface area contributed by atoms with E-state index < -0.39 is 0 Å². The van der Waals surface area contributed by atoms with Crippen LogP contribution < -0.4 is 5.73 Å². The molecule has 1 aliphatic rings. The van der Waals surface area contributed by atoms with Crippen LogP contribution in [0.15, 0.2) is 0 Å². The monoisotopic (exact) mass is 212 g/mol. The quantitative estimate of drug-likeness (QED) is 0.758. The first-order chi connectivity index (χ1) is 7.02. The Bertz CT molecular complexity index is 185. The SMILES string of the molecule is CCC(C)(CN)CN1CCCC1C(C)C. The van der Waals surface area contributed by atoms with Gasteiger partial charge in [-0.3, -0.25) is 4.90 Å². The summed E-state index contributed by atoms with van der Waals surface area (Å²) in [6.45, 7) is 12.5. The summed E-state index contributed by atoms with van der Waals surface area (Å²) in [6, 6.07) is 0.794. The smallest absolute Gasteiger partial charge is 0.0119 e. The summed E-state index contributed by atoms with van der Waals surface area (Å²) in [5.41, 5.74) is 6.21. The first kappa shape index (κ1) is 13.0. The standard InChI is InChI=1S/C13H28N2/c1-5-13(4,9-14)10-15-8-6-7-12(15)11(2)3/h11-12H,5-10,14H2,1-4H3. The van der Waals surface area contributed by atoms with Gasteiger partial charge >= 0.3 is 0 Å². The maximum absolute atomic E-state index is 5.89. The van der Waals surface area contributed by atoms with E-state index in [0.29, 0.717) is 5.41 Å². The molecule has 0 radical (unpaired) electrons. The number of nitrogens with zero attached hydrogens (tertiary/aromatic N) is 1. The number of likely N-dealkylation sites (tertiary alicyclic amines) is 1. The highest BCUT2D eigenvalue weighted by molar-refractivity contribution is 4.87. The van der Waals surface area contributed by atoms with Crippen LogP contribution >= 0.6 is 0 Å². The molecule has 0 amide bonds. The third kappa shape index (κ3) is 3.18. The van der Waals surface area contributed by atoms with E-state index in [4.69, 9.17) is 5.73 Å². The summed E-state index contributed by atoms with van der Waals surface area (Å²) in [4.78, 5) is 2.67. The van der Waals surface area contributed by atoms with Crippen molar-refractivity contribution in [3.05, 3.63) is 0 Å². The van der Waals surface area contributed by atoms with E-state index in [1.54, 1.807) is 0 Å². The molecule has 15 heavy (non-hydrogen) atoms. The molecule has 1 fully saturated rings. The lowest BCUT2D eigenvalue weighted by Gasteiger charge is -2.36. The van der Waals surface area contributed by atoms with Gasteiger partial charge in [0.25, 0.3) is 0 Å². The molecule has 2 N–H and O–H groups in total. The summed E-state index contributed by atoms with van der Waals surface area (Å²) in [5, 5.41) is 0. The first-order valence-corrected chi connectivity index (χ1v) is 6.46. The van der Waals surface area contributed by atoms with Crippen LogP contribution in [0.2, 0.25) is 0 Å². The van der Waals surface area contributed by atoms with Crippen molar-refractivity contribution in [3.63, 3.8) is 0 Å². The third-order valence-corrected chi connectivity index (χ3v) is 4.11. The second-order valence-corrected chi connectivity index (χ2v) is 5.79. The average molecular weight is 212 g/mol. The van der Waals surface area contributed by atoms with Crippen LogP contribution in [0, 0.1) is 11.3 Å². The zero-order valence-corrected chi connectivity index (χ0v) is 10.9. The minimum absolute atomic E-state index is 0.317. The molecule has 0 aliphatic carbocycles. The minimum Gasteiger partial charge on any atom is -0.330 e. The maximum Gasteiger partial charge on any atom is 0.0119 e. The largest absolute Gasteiger partial charge is 0.330 e. The third-order valence-electron chi connectivity index (χ3n) is 4.11.